The minimum Gasteiger partial charge on any atom is -0.504 e. The van der Waals surface area contributed by atoms with Gasteiger partial charge in [0.05, 0.1) is 13.2 Å². The molecule has 0 saturated heterocycles. The largest absolute Gasteiger partial charge is 0.504 e. The Morgan fingerprint density at radius 3 is 2.32 bits per heavy atom. The van der Waals surface area contributed by atoms with Crippen LogP contribution in [-0.2, 0) is 0 Å². The number of hydrogen-bond acceptors (Lipinski definition) is 5. The number of phenols is 1. The molecule has 0 fully saturated rings. The molecule has 0 amide bonds. The topological polar surface area (TPSA) is 103 Å². The first kappa shape index (κ1) is 19.1. The summed E-state index contributed by atoms with van der Waals surface area (Å²) in [6, 6.07) is 16.6. The molecule has 6 heteroatoms. The van der Waals surface area contributed by atoms with Gasteiger partial charge in [-0.15, -0.1) is 0 Å². The predicted octanol–water partition coefficient (Wildman–Crippen LogP) is 3.79. The fourth-order valence-electron chi connectivity index (χ4n) is 2.96. The minimum atomic E-state index is 0.0475. The molecule has 1 aromatic heterocycles. The van der Waals surface area contributed by atoms with Crippen molar-refractivity contribution in [3.8, 4) is 45.7 Å². The number of nitrogen functional groups attached to an aromatic ring is 1. The van der Waals surface area contributed by atoms with E-state index in [-0.39, 0.29) is 11.6 Å². The van der Waals surface area contributed by atoms with Gasteiger partial charge in [0.1, 0.15) is 23.1 Å². The van der Waals surface area contributed by atoms with Crippen LogP contribution in [0.5, 0.6) is 17.2 Å². The summed E-state index contributed by atoms with van der Waals surface area (Å²) < 4.78 is 10.9. The van der Waals surface area contributed by atoms with Crippen molar-refractivity contribution in [3.63, 3.8) is 0 Å². The summed E-state index contributed by atoms with van der Waals surface area (Å²) in [5.74, 6) is 1.46. The van der Waals surface area contributed by atoms with Crippen molar-refractivity contribution in [3.05, 3.63) is 54.1 Å². The highest BCUT2D eigenvalue weighted by atomic mass is 16.5. The number of ether oxygens (including phenoxy) is 2. The van der Waals surface area contributed by atoms with E-state index in [1.807, 2.05) is 44.2 Å². The second-order valence-corrected chi connectivity index (χ2v) is 6.07. The quantitative estimate of drug-likeness (QED) is 0.681. The third-order valence-electron chi connectivity index (χ3n) is 4.26. The van der Waals surface area contributed by atoms with Gasteiger partial charge in [0, 0.05) is 11.1 Å². The summed E-state index contributed by atoms with van der Waals surface area (Å²) >= 11 is 0. The van der Waals surface area contributed by atoms with Gasteiger partial charge < -0.3 is 14.6 Å². The Morgan fingerprint density at radius 1 is 1.00 bits per heavy atom. The summed E-state index contributed by atoms with van der Waals surface area (Å²) in [6.45, 7) is 4.79. The average molecular weight is 376 g/mol. The number of benzene rings is 2. The fourth-order valence-corrected chi connectivity index (χ4v) is 2.96. The number of nitrogens with zero attached hydrogens (tertiary/aromatic N) is 1. The molecule has 6 nitrogen and oxygen atoms in total. The van der Waals surface area contributed by atoms with Crippen LogP contribution in [0.2, 0.25) is 0 Å². The summed E-state index contributed by atoms with van der Waals surface area (Å²) in [5.41, 5.74) is 9.52. The van der Waals surface area contributed by atoms with Gasteiger partial charge in [0.25, 0.3) is 5.82 Å². The molecule has 0 bridgehead atoms. The third-order valence-corrected chi connectivity index (χ3v) is 4.26. The van der Waals surface area contributed by atoms with E-state index in [0.717, 1.165) is 22.6 Å². The molecule has 0 saturated carbocycles. The first-order valence-corrected chi connectivity index (χ1v) is 9.02. The van der Waals surface area contributed by atoms with Gasteiger partial charge in [-0.25, -0.2) is 4.98 Å². The Morgan fingerprint density at radius 2 is 1.68 bits per heavy atom. The van der Waals surface area contributed by atoms with Gasteiger partial charge in [-0.3, -0.25) is 5.73 Å². The molecule has 0 unspecified atom stereocenters. The predicted molar refractivity (Wildman–Crippen MR) is 107 cm³/mol. The van der Waals surface area contributed by atoms with E-state index in [2.05, 4.69) is 11.1 Å². The van der Waals surface area contributed by atoms with Crippen molar-refractivity contribution in [2.24, 2.45) is 0 Å². The first-order valence-electron chi connectivity index (χ1n) is 9.02. The van der Waals surface area contributed by atoms with Gasteiger partial charge in [-0.1, -0.05) is 6.07 Å². The molecule has 0 atom stereocenters. The van der Waals surface area contributed by atoms with Crippen molar-refractivity contribution in [2.45, 2.75) is 13.8 Å². The molecule has 4 N–H and O–H groups in total. The molecule has 0 spiro atoms. The van der Waals surface area contributed by atoms with E-state index in [4.69, 9.17) is 15.2 Å². The van der Waals surface area contributed by atoms with E-state index in [1.165, 1.54) is 0 Å². The summed E-state index contributed by atoms with van der Waals surface area (Å²) in [6.07, 6.45) is 0. The molecule has 0 radical (unpaired) electrons. The molecule has 0 aliphatic heterocycles. The van der Waals surface area contributed by atoms with Crippen LogP contribution < -0.4 is 20.2 Å². The highest BCUT2D eigenvalue weighted by Crippen LogP contribution is 2.35. The monoisotopic (exact) mass is 376 g/mol. The van der Waals surface area contributed by atoms with E-state index in [0.29, 0.717) is 30.1 Å². The number of rotatable bonds is 6. The Hall–Kier alpha value is -3.72. The number of aromatic amines is 1. The number of nitriles is 1. The van der Waals surface area contributed by atoms with Crippen LogP contribution in [0.15, 0.2) is 48.5 Å². The smallest absolute Gasteiger partial charge is 0.289 e. The summed E-state index contributed by atoms with van der Waals surface area (Å²) in [5, 5.41) is 19.6. The fraction of sp³-hybridized carbons (Fsp3) is 0.182. The molecular weight excluding hydrogens is 354 g/mol. The number of aromatic nitrogens is 1. The maximum Gasteiger partial charge on any atom is 0.289 e. The number of nitrogens with one attached hydrogen (secondary N) is 1. The second-order valence-electron chi connectivity index (χ2n) is 6.07. The zero-order valence-corrected chi connectivity index (χ0v) is 15.8. The molecule has 1 heterocycles. The van der Waals surface area contributed by atoms with Crippen molar-refractivity contribution in [1.29, 1.82) is 5.26 Å². The highest BCUT2D eigenvalue weighted by Gasteiger charge is 2.18. The Balaban J connectivity index is 2.11. The van der Waals surface area contributed by atoms with Crippen LogP contribution >= 0.6 is 0 Å². The van der Waals surface area contributed by atoms with Crippen LogP contribution in [0.25, 0.3) is 22.4 Å². The maximum absolute atomic E-state index is 9.96. The lowest BCUT2D eigenvalue weighted by atomic mass is 9.98. The number of pyridine rings is 1. The zero-order valence-electron chi connectivity index (χ0n) is 15.8. The van der Waals surface area contributed by atoms with E-state index < -0.39 is 0 Å². The molecule has 2 aromatic carbocycles. The maximum atomic E-state index is 9.96. The standard InChI is InChI=1S/C22H21N3O3/c1-3-27-16-8-5-14(6-9-16)19-12-17(18(13-23)22(24)25-19)15-7-10-20(26)21(11-15)28-4-2/h5-12,26H,3-4H2,1-2H3,(H2,24,25)/p+1. The van der Waals surface area contributed by atoms with E-state index >= 15 is 0 Å². The number of nitrogens with two attached hydrogens (primary N) is 1. The SMILES string of the molecule is CCOc1ccc(-c2cc(-c3ccc(O)c(OCC)c3)c(C#N)c(N)[nH+]2)cc1. The molecule has 28 heavy (non-hydrogen) atoms. The van der Waals surface area contributed by atoms with Crippen molar-refractivity contribution in [2.75, 3.05) is 18.9 Å². The summed E-state index contributed by atoms with van der Waals surface area (Å²) in [4.78, 5) is 3.09. The number of aromatic hydroxyl groups is 1. The van der Waals surface area contributed by atoms with Crippen molar-refractivity contribution < 1.29 is 19.6 Å². The Kier molecular flexibility index (Phi) is 5.66. The van der Waals surface area contributed by atoms with Gasteiger partial charge in [-0.05, 0) is 61.9 Å². The first-order chi connectivity index (χ1) is 13.6. The number of H-pyrrole nitrogens is 1. The molecule has 3 rings (SSSR count). The third kappa shape index (κ3) is 3.84. The molecule has 142 valence electrons. The minimum absolute atomic E-state index is 0.0475. The lowest BCUT2D eigenvalue weighted by Crippen LogP contribution is -2.16. The number of phenolic OH excluding ortho intramolecular Hbond substituents is 1. The molecule has 3 aromatic rings. The zero-order chi connectivity index (χ0) is 20.1. The van der Waals surface area contributed by atoms with Gasteiger partial charge in [-0.2, -0.15) is 5.26 Å². The van der Waals surface area contributed by atoms with Gasteiger partial charge in [0.15, 0.2) is 11.5 Å². The van der Waals surface area contributed by atoms with Crippen LogP contribution in [0, 0.1) is 11.3 Å². The van der Waals surface area contributed by atoms with Gasteiger partial charge in [0.2, 0.25) is 0 Å². The van der Waals surface area contributed by atoms with Crippen LogP contribution in [0.3, 0.4) is 0 Å². The average Bonchev–Trinajstić information content (AvgIpc) is 2.70. The molecule has 0 aliphatic carbocycles. The molecular formula is C22H22N3O3+. The van der Waals surface area contributed by atoms with E-state index in [1.54, 1.807) is 18.2 Å². The number of hydrogen-bond donors (Lipinski definition) is 2. The summed E-state index contributed by atoms with van der Waals surface area (Å²) in [7, 11) is 0. The second kappa shape index (κ2) is 8.31. The Bertz CT molecular complexity index is 1020. The van der Waals surface area contributed by atoms with Crippen LogP contribution in [0.4, 0.5) is 5.82 Å². The van der Waals surface area contributed by atoms with Gasteiger partial charge >= 0.3 is 0 Å². The van der Waals surface area contributed by atoms with Crippen molar-refractivity contribution in [1.82, 2.24) is 0 Å². The lowest BCUT2D eigenvalue weighted by Gasteiger charge is -2.11. The van der Waals surface area contributed by atoms with Crippen molar-refractivity contribution >= 4 is 5.82 Å². The van der Waals surface area contributed by atoms with Crippen LogP contribution in [-0.4, -0.2) is 18.3 Å². The number of anilines is 1. The van der Waals surface area contributed by atoms with E-state index in [9.17, 15) is 10.4 Å². The molecule has 0 aliphatic rings. The van der Waals surface area contributed by atoms with Crippen LogP contribution in [0.1, 0.15) is 19.4 Å². The Labute approximate surface area is 163 Å². The lowest BCUT2D eigenvalue weighted by molar-refractivity contribution is -0.346. The normalized spacial score (nSPS) is 10.3. The highest BCUT2D eigenvalue weighted by molar-refractivity contribution is 5.79.